The van der Waals surface area contributed by atoms with E-state index < -0.39 is 15.1 Å². The standard InChI is InChI=1S/C22H30N6O4S.HNO3/c1-5-7-17-19-20(27(4)25-17)22(29)24-21(23-19)16-14-15(8-9-18(16)32-6-2)33(30,31)28-12-10-26(3)11-13-28;2-1(3)4/h8-9,14H,5-7,10-13H2,1-4H3,(H,23,24,29);(H,2,3,4). The highest BCUT2D eigenvalue weighted by Gasteiger charge is 2.29. The van der Waals surface area contributed by atoms with Crippen LogP contribution in [0.25, 0.3) is 22.4 Å². The SMILES string of the molecule is CCCc1nn(C)c2c(=O)[nH]c(-c3cc(S(=O)(=O)N4CCN(C)CC4)ccc3OCC)nc12.O=[N+]([O-])O. The molecule has 0 unspecified atom stereocenters. The van der Waals surface area contributed by atoms with Crippen molar-refractivity contribution in [3.63, 3.8) is 0 Å². The van der Waals surface area contributed by atoms with Gasteiger partial charge in [0.15, 0.2) is 5.52 Å². The van der Waals surface area contributed by atoms with Crippen molar-refractivity contribution < 1.29 is 23.4 Å². The average Bonchev–Trinajstić information content (AvgIpc) is 3.15. The molecule has 1 aliphatic heterocycles. The van der Waals surface area contributed by atoms with Gasteiger partial charge in [-0.1, -0.05) is 13.3 Å². The zero-order valence-corrected chi connectivity index (χ0v) is 22.0. The molecular weight excluding hydrogens is 506 g/mol. The first kappa shape index (κ1) is 28.0. The molecule has 4 rings (SSSR count). The van der Waals surface area contributed by atoms with Crippen LogP contribution in [0, 0.1) is 10.1 Å². The van der Waals surface area contributed by atoms with E-state index in [1.165, 1.54) is 8.99 Å². The molecule has 0 aliphatic carbocycles. The van der Waals surface area contributed by atoms with Crippen molar-refractivity contribution in [1.29, 1.82) is 0 Å². The van der Waals surface area contributed by atoms with Crippen LogP contribution in [0.2, 0.25) is 0 Å². The minimum atomic E-state index is -3.70. The van der Waals surface area contributed by atoms with Crippen LogP contribution >= 0.6 is 0 Å². The summed E-state index contributed by atoms with van der Waals surface area (Å²) < 4.78 is 35.4. The van der Waals surface area contributed by atoms with E-state index >= 15 is 0 Å². The quantitative estimate of drug-likeness (QED) is 0.329. The molecule has 14 nitrogen and oxygen atoms in total. The Kier molecular flexibility index (Phi) is 8.83. The van der Waals surface area contributed by atoms with Gasteiger partial charge in [-0.2, -0.15) is 9.40 Å². The van der Waals surface area contributed by atoms with Crippen molar-refractivity contribution in [2.75, 3.05) is 39.8 Å². The van der Waals surface area contributed by atoms with Crippen molar-refractivity contribution in [1.82, 2.24) is 29.0 Å². The molecule has 1 fully saturated rings. The first-order valence-corrected chi connectivity index (χ1v) is 13.2. The van der Waals surface area contributed by atoms with Gasteiger partial charge < -0.3 is 19.8 Å². The number of H-pyrrole nitrogens is 1. The van der Waals surface area contributed by atoms with Crippen LogP contribution in [-0.2, 0) is 23.5 Å². The molecule has 2 N–H and O–H groups in total. The Labute approximate surface area is 213 Å². The van der Waals surface area contributed by atoms with E-state index in [-0.39, 0.29) is 16.3 Å². The number of hydrogen-bond acceptors (Lipinski definition) is 9. The number of aryl methyl sites for hydroxylation is 2. The summed E-state index contributed by atoms with van der Waals surface area (Å²) in [5.74, 6) is 0.718. The molecule has 2 aromatic heterocycles. The van der Waals surface area contributed by atoms with Crippen LogP contribution in [0.15, 0.2) is 27.9 Å². The van der Waals surface area contributed by atoms with Crippen molar-refractivity contribution in [3.05, 3.63) is 44.4 Å². The summed E-state index contributed by atoms with van der Waals surface area (Å²) in [7, 11) is -0.00831. The molecule has 1 aromatic carbocycles. The van der Waals surface area contributed by atoms with Crippen molar-refractivity contribution >= 4 is 21.1 Å². The number of likely N-dealkylation sites (N-methyl/N-ethyl adjacent to an activating group) is 1. The monoisotopic (exact) mass is 537 g/mol. The second-order valence-corrected chi connectivity index (χ2v) is 10.4. The zero-order valence-electron chi connectivity index (χ0n) is 21.2. The van der Waals surface area contributed by atoms with Gasteiger partial charge in [-0.05, 0) is 38.6 Å². The second kappa shape index (κ2) is 11.7. The highest BCUT2D eigenvalue weighted by molar-refractivity contribution is 7.89. The second-order valence-electron chi connectivity index (χ2n) is 8.47. The molecule has 0 radical (unpaired) electrons. The number of sulfonamides is 1. The van der Waals surface area contributed by atoms with Crippen LogP contribution in [-0.4, -0.2) is 87.5 Å². The Morgan fingerprint density at radius 3 is 2.43 bits per heavy atom. The average molecular weight is 538 g/mol. The van der Waals surface area contributed by atoms with Gasteiger partial charge in [0.25, 0.3) is 10.6 Å². The van der Waals surface area contributed by atoms with Gasteiger partial charge in [-0.25, -0.2) is 13.4 Å². The van der Waals surface area contributed by atoms with Crippen LogP contribution in [0.5, 0.6) is 5.75 Å². The predicted molar refractivity (Wildman–Crippen MR) is 135 cm³/mol. The van der Waals surface area contributed by atoms with E-state index in [4.69, 9.17) is 25.0 Å². The summed E-state index contributed by atoms with van der Waals surface area (Å²) in [6, 6.07) is 4.71. The Morgan fingerprint density at radius 2 is 1.84 bits per heavy atom. The van der Waals surface area contributed by atoms with Crippen LogP contribution in [0.3, 0.4) is 0 Å². The fourth-order valence-corrected chi connectivity index (χ4v) is 5.54. The summed E-state index contributed by atoms with van der Waals surface area (Å²) in [5.41, 5.74) is 1.75. The van der Waals surface area contributed by atoms with Gasteiger partial charge in [-0.15, -0.1) is 10.1 Å². The molecule has 0 saturated carbocycles. The Bertz CT molecular complexity index is 1420. The highest BCUT2D eigenvalue weighted by atomic mass is 32.2. The smallest absolute Gasteiger partial charge is 0.291 e. The number of benzene rings is 1. The summed E-state index contributed by atoms with van der Waals surface area (Å²) in [4.78, 5) is 31.0. The lowest BCUT2D eigenvalue weighted by atomic mass is 10.1. The third kappa shape index (κ3) is 6.23. The van der Waals surface area contributed by atoms with E-state index in [0.717, 1.165) is 12.1 Å². The third-order valence-electron chi connectivity index (χ3n) is 5.86. The molecular formula is C22H31N7O7S. The summed E-state index contributed by atoms with van der Waals surface area (Å²) in [6.07, 6.45) is 1.54. The van der Waals surface area contributed by atoms with Crippen LogP contribution < -0.4 is 10.3 Å². The van der Waals surface area contributed by atoms with Crippen molar-refractivity contribution in [2.45, 2.75) is 31.6 Å². The van der Waals surface area contributed by atoms with Gasteiger partial charge in [0, 0.05) is 33.2 Å². The van der Waals surface area contributed by atoms with Crippen molar-refractivity contribution in [2.24, 2.45) is 7.05 Å². The summed E-state index contributed by atoms with van der Waals surface area (Å²) >= 11 is 0. The third-order valence-corrected chi connectivity index (χ3v) is 7.75. The van der Waals surface area contributed by atoms with Crippen LogP contribution in [0.4, 0.5) is 0 Å². The van der Waals surface area contributed by atoms with Gasteiger partial charge in [0.05, 0.1) is 22.8 Å². The van der Waals surface area contributed by atoms with Crippen LogP contribution in [0.1, 0.15) is 26.0 Å². The molecule has 3 aromatic rings. The molecule has 1 saturated heterocycles. The lowest BCUT2D eigenvalue weighted by molar-refractivity contribution is -0.742. The first-order valence-electron chi connectivity index (χ1n) is 11.7. The number of nitrogens with one attached hydrogen (secondary N) is 1. The van der Waals surface area contributed by atoms with Gasteiger partial charge in [0.1, 0.15) is 17.1 Å². The van der Waals surface area contributed by atoms with E-state index in [9.17, 15) is 13.2 Å². The van der Waals surface area contributed by atoms with E-state index in [0.29, 0.717) is 61.6 Å². The summed E-state index contributed by atoms with van der Waals surface area (Å²) in [5, 5.41) is 18.1. The maximum absolute atomic E-state index is 13.3. The van der Waals surface area contributed by atoms with Gasteiger partial charge in [-0.3, -0.25) is 9.48 Å². The molecule has 0 amide bonds. The molecule has 0 atom stereocenters. The van der Waals surface area contributed by atoms with E-state index in [1.54, 1.807) is 25.2 Å². The molecule has 1 aliphatic rings. The van der Waals surface area contributed by atoms with E-state index in [2.05, 4.69) is 15.0 Å². The highest BCUT2D eigenvalue weighted by Crippen LogP contribution is 2.32. The molecule has 3 heterocycles. The predicted octanol–water partition coefficient (Wildman–Crippen LogP) is 1.26. The number of nitrogens with zero attached hydrogens (tertiary/aromatic N) is 6. The number of piperazine rings is 1. The fourth-order valence-electron chi connectivity index (χ4n) is 4.09. The minimum Gasteiger partial charge on any atom is -0.493 e. The van der Waals surface area contributed by atoms with Crippen molar-refractivity contribution in [3.8, 4) is 17.1 Å². The molecule has 0 spiro atoms. The number of fused-ring (bicyclic) bond motifs is 1. The Morgan fingerprint density at radius 1 is 1.19 bits per heavy atom. The topological polar surface area (TPSA) is 177 Å². The lowest BCUT2D eigenvalue weighted by Crippen LogP contribution is -2.47. The summed E-state index contributed by atoms with van der Waals surface area (Å²) in [6.45, 7) is 6.48. The zero-order chi connectivity index (χ0) is 27.3. The Balaban J connectivity index is 0.000000886. The maximum atomic E-state index is 13.3. The molecule has 202 valence electrons. The van der Waals surface area contributed by atoms with Gasteiger partial charge in [0.2, 0.25) is 10.0 Å². The number of rotatable bonds is 7. The largest absolute Gasteiger partial charge is 0.493 e. The number of hydrogen-bond donors (Lipinski definition) is 2. The maximum Gasteiger partial charge on any atom is 0.291 e. The van der Waals surface area contributed by atoms with Gasteiger partial charge >= 0.3 is 0 Å². The lowest BCUT2D eigenvalue weighted by Gasteiger charge is -2.31. The minimum absolute atomic E-state index is 0.147. The first-order chi connectivity index (χ1) is 17.5. The number of aromatic nitrogens is 4. The molecule has 15 heteroatoms. The molecule has 0 bridgehead atoms. The number of ether oxygens (including phenoxy) is 1. The fraction of sp³-hybridized carbons (Fsp3) is 0.500. The normalized spacial score (nSPS) is 14.8. The molecule has 37 heavy (non-hydrogen) atoms. The Hall–Kier alpha value is -3.56. The van der Waals surface area contributed by atoms with E-state index in [1.807, 2.05) is 20.9 Å². The number of aromatic amines is 1.